The van der Waals surface area contributed by atoms with Gasteiger partial charge in [-0.15, -0.1) is 0 Å². The normalized spacial score (nSPS) is 12.6. The summed E-state index contributed by atoms with van der Waals surface area (Å²) in [6.07, 6.45) is 8.32. The summed E-state index contributed by atoms with van der Waals surface area (Å²) in [6, 6.07) is 4.37. The molecule has 2 aromatic heterocycles. The van der Waals surface area contributed by atoms with Gasteiger partial charge in [-0.2, -0.15) is 0 Å². The maximum Gasteiger partial charge on any atom is 0.0946 e. The van der Waals surface area contributed by atoms with Gasteiger partial charge in [0.2, 0.25) is 0 Å². The lowest BCUT2D eigenvalue weighted by molar-refractivity contribution is 0.555. The van der Waals surface area contributed by atoms with E-state index in [0.717, 1.165) is 6.42 Å². The van der Waals surface area contributed by atoms with Crippen molar-refractivity contribution in [3.05, 3.63) is 48.3 Å². The summed E-state index contributed by atoms with van der Waals surface area (Å²) in [5.74, 6) is 0. The van der Waals surface area contributed by atoms with Crippen molar-refractivity contribution in [1.82, 2.24) is 19.9 Å². The summed E-state index contributed by atoms with van der Waals surface area (Å²) in [5.41, 5.74) is 2.47. The average molecular weight is 216 g/mol. The van der Waals surface area contributed by atoms with Crippen LogP contribution in [0.5, 0.6) is 0 Å². The molecule has 4 heteroatoms. The number of hydrogen-bond acceptors (Lipinski definition) is 3. The van der Waals surface area contributed by atoms with Crippen molar-refractivity contribution >= 4 is 0 Å². The van der Waals surface area contributed by atoms with Gasteiger partial charge < -0.3 is 9.88 Å². The topological polar surface area (TPSA) is 42.7 Å². The fraction of sp³-hybridized carbons (Fsp3) is 0.333. The van der Waals surface area contributed by atoms with E-state index in [2.05, 4.69) is 15.3 Å². The Morgan fingerprint density at radius 2 is 2.06 bits per heavy atom. The maximum atomic E-state index is 4.14. The average Bonchev–Trinajstić information content (AvgIpc) is 2.74. The Morgan fingerprint density at radius 1 is 1.31 bits per heavy atom. The molecule has 1 atom stereocenters. The number of likely N-dealkylation sites (N-methyl/N-ethyl adjacent to an activating group) is 1. The number of aryl methyl sites for hydroxylation is 1. The molecule has 0 bridgehead atoms. The van der Waals surface area contributed by atoms with E-state index in [9.17, 15) is 0 Å². The van der Waals surface area contributed by atoms with Gasteiger partial charge in [0.25, 0.3) is 0 Å². The Labute approximate surface area is 95.4 Å². The van der Waals surface area contributed by atoms with Crippen LogP contribution in [0.15, 0.2) is 37.1 Å². The smallest absolute Gasteiger partial charge is 0.0946 e. The standard InChI is InChI=1S/C12H16N4/c1-13-11(12-8-15-9-16(12)2)7-10-3-5-14-6-4-10/h3-6,8-9,11,13H,7H2,1-2H3. The molecule has 4 nitrogen and oxygen atoms in total. The van der Waals surface area contributed by atoms with E-state index in [1.807, 2.05) is 55.7 Å². The minimum atomic E-state index is 0.287. The summed E-state index contributed by atoms with van der Waals surface area (Å²) in [4.78, 5) is 8.16. The van der Waals surface area contributed by atoms with E-state index in [1.165, 1.54) is 11.3 Å². The summed E-state index contributed by atoms with van der Waals surface area (Å²) in [5, 5.41) is 3.31. The molecule has 2 heterocycles. The molecule has 0 fully saturated rings. The molecule has 0 aliphatic heterocycles. The van der Waals surface area contributed by atoms with Gasteiger partial charge in [0.15, 0.2) is 0 Å². The molecule has 0 saturated carbocycles. The van der Waals surface area contributed by atoms with E-state index in [4.69, 9.17) is 0 Å². The first-order valence-electron chi connectivity index (χ1n) is 5.33. The number of imidazole rings is 1. The Kier molecular flexibility index (Phi) is 3.31. The number of nitrogens with zero attached hydrogens (tertiary/aromatic N) is 3. The van der Waals surface area contributed by atoms with Crippen molar-refractivity contribution in [1.29, 1.82) is 0 Å². The number of nitrogens with one attached hydrogen (secondary N) is 1. The SMILES string of the molecule is CNC(Cc1ccncc1)c1cncn1C. The lowest BCUT2D eigenvalue weighted by Gasteiger charge is -2.16. The van der Waals surface area contributed by atoms with Gasteiger partial charge in [-0.05, 0) is 31.2 Å². The van der Waals surface area contributed by atoms with E-state index >= 15 is 0 Å². The molecule has 16 heavy (non-hydrogen) atoms. The van der Waals surface area contributed by atoms with Gasteiger partial charge in [0, 0.05) is 25.6 Å². The molecule has 0 spiro atoms. The number of rotatable bonds is 4. The van der Waals surface area contributed by atoms with E-state index < -0.39 is 0 Å². The molecule has 2 rings (SSSR count). The second-order valence-electron chi connectivity index (χ2n) is 3.83. The molecule has 84 valence electrons. The number of aromatic nitrogens is 3. The summed E-state index contributed by atoms with van der Waals surface area (Å²) in [7, 11) is 3.98. The second-order valence-corrected chi connectivity index (χ2v) is 3.83. The highest BCUT2D eigenvalue weighted by molar-refractivity contribution is 5.15. The summed E-state index contributed by atoms with van der Waals surface area (Å²) < 4.78 is 2.04. The van der Waals surface area contributed by atoms with Crippen molar-refractivity contribution in [3.63, 3.8) is 0 Å². The predicted octanol–water partition coefficient (Wildman–Crippen LogP) is 1.32. The fourth-order valence-corrected chi connectivity index (χ4v) is 1.81. The molecule has 1 unspecified atom stereocenters. The Bertz CT molecular complexity index is 435. The molecule has 0 aliphatic rings. The largest absolute Gasteiger partial charge is 0.336 e. The fourth-order valence-electron chi connectivity index (χ4n) is 1.81. The zero-order chi connectivity index (χ0) is 11.4. The first-order chi connectivity index (χ1) is 7.81. The van der Waals surface area contributed by atoms with Gasteiger partial charge in [-0.3, -0.25) is 4.98 Å². The van der Waals surface area contributed by atoms with Crippen LogP contribution >= 0.6 is 0 Å². The monoisotopic (exact) mass is 216 g/mol. The van der Waals surface area contributed by atoms with Gasteiger partial charge in [-0.1, -0.05) is 0 Å². The second kappa shape index (κ2) is 4.90. The van der Waals surface area contributed by atoms with E-state index in [-0.39, 0.29) is 6.04 Å². The third kappa shape index (κ3) is 2.28. The molecule has 0 radical (unpaired) electrons. The quantitative estimate of drug-likeness (QED) is 0.838. The van der Waals surface area contributed by atoms with E-state index in [1.54, 1.807) is 0 Å². The van der Waals surface area contributed by atoms with Crippen molar-refractivity contribution in [3.8, 4) is 0 Å². The highest BCUT2D eigenvalue weighted by Crippen LogP contribution is 2.16. The molecular weight excluding hydrogens is 200 g/mol. The summed E-state index contributed by atoms with van der Waals surface area (Å²) >= 11 is 0. The Morgan fingerprint density at radius 3 is 2.62 bits per heavy atom. The van der Waals surface area contributed by atoms with Crippen molar-refractivity contribution in [2.24, 2.45) is 7.05 Å². The first kappa shape index (κ1) is 10.8. The maximum absolute atomic E-state index is 4.14. The lowest BCUT2D eigenvalue weighted by Crippen LogP contribution is -2.21. The van der Waals surface area contributed by atoms with Gasteiger partial charge in [0.1, 0.15) is 0 Å². The van der Waals surface area contributed by atoms with Gasteiger partial charge in [-0.25, -0.2) is 4.98 Å². The third-order valence-corrected chi connectivity index (χ3v) is 2.75. The predicted molar refractivity (Wildman–Crippen MR) is 62.9 cm³/mol. The molecule has 0 aliphatic carbocycles. The molecule has 0 amide bonds. The van der Waals surface area contributed by atoms with Crippen LogP contribution in [-0.2, 0) is 13.5 Å². The van der Waals surface area contributed by atoms with Crippen LogP contribution in [0, 0.1) is 0 Å². The zero-order valence-corrected chi connectivity index (χ0v) is 9.59. The van der Waals surface area contributed by atoms with Crippen LogP contribution < -0.4 is 5.32 Å². The number of pyridine rings is 1. The zero-order valence-electron chi connectivity index (χ0n) is 9.59. The van der Waals surface area contributed by atoms with Crippen LogP contribution in [-0.4, -0.2) is 21.6 Å². The molecule has 0 saturated heterocycles. The number of hydrogen-bond donors (Lipinski definition) is 1. The molecule has 0 aromatic carbocycles. The Balaban J connectivity index is 2.16. The third-order valence-electron chi connectivity index (χ3n) is 2.75. The Hall–Kier alpha value is -1.68. The van der Waals surface area contributed by atoms with Gasteiger partial charge >= 0.3 is 0 Å². The van der Waals surface area contributed by atoms with Crippen molar-refractivity contribution < 1.29 is 0 Å². The van der Waals surface area contributed by atoms with Crippen LogP contribution in [0.25, 0.3) is 0 Å². The molecule has 1 N–H and O–H groups in total. The van der Waals surface area contributed by atoms with Crippen LogP contribution in [0.1, 0.15) is 17.3 Å². The van der Waals surface area contributed by atoms with Crippen molar-refractivity contribution in [2.75, 3.05) is 7.05 Å². The van der Waals surface area contributed by atoms with Crippen LogP contribution in [0.2, 0.25) is 0 Å². The van der Waals surface area contributed by atoms with Crippen LogP contribution in [0.3, 0.4) is 0 Å². The molecular formula is C12H16N4. The van der Waals surface area contributed by atoms with Gasteiger partial charge in [0.05, 0.1) is 18.1 Å². The molecule has 2 aromatic rings. The summed E-state index contributed by atoms with van der Waals surface area (Å²) in [6.45, 7) is 0. The van der Waals surface area contributed by atoms with Crippen molar-refractivity contribution in [2.45, 2.75) is 12.5 Å². The highest BCUT2D eigenvalue weighted by atomic mass is 15.1. The van der Waals surface area contributed by atoms with E-state index in [0.29, 0.717) is 0 Å². The lowest BCUT2D eigenvalue weighted by atomic mass is 10.1. The van der Waals surface area contributed by atoms with Crippen LogP contribution in [0.4, 0.5) is 0 Å². The minimum absolute atomic E-state index is 0.287. The highest BCUT2D eigenvalue weighted by Gasteiger charge is 2.12. The first-order valence-corrected chi connectivity index (χ1v) is 5.33. The minimum Gasteiger partial charge on any atom is -0.336 e.